The van der Waals surface area contributed by atoms with Crippen molar-refractivity contribution in [1.29, 1.82) is 0 Å². The summed E-state index contributed by atoms with van der Waals surface area (Å²) in [7, 11) is 0. The van der Waals surface area contributed by atoms with Gasteiger partial charge >= 0.3 is 5.97 Å². The first kappa shape index (κ1) is 13.9. The molecule has 0 fully saturated rings. The van der Waals surface area contributed by atoms with Crippen molar-refractivity contribution in [2.24, 2.45) is 0 Å². The van der Waals surface area contributed by atoms with Crippen molar-refractivity contribution in [3.8, 4) is 0 Å². The smallest absolute Gasteiger partial charge is 0.341 e. The second-order valence-electron chi connectivity index (χ2n) is 4.08. The number of hydrogen-bond donors (Lipinski definition) is 1. The molecule has 0 aliphatic rings. The Hall–Kier alpha value is -2.50. The van der Waals surface area contributed by atoms with E-state index in [1.54, 1.807) is 13.0 Å². The van der Waals surface area contributed by atoms with Gasteiger partial charge in [-0.15, -0.1) is 0 Å². The quantitative estimate of drug-likeness (QED) is 0.874. The summed E-state index contributed by atoms with van der Waals surface area (Å²) in [5.41, 5.74) is 0.393. The highest BCUT2D eigenvalue weighted by Crippen LogP contribution is 2.28. The van der Waals surface area contributed by atoms with Crippen molar-refractivity contribution in [2.45, 2.75) is 13.8 Å². The number of carbonyl (C=O) groups is 2. The van der Waals surface area contributed by atoms with Crippen molar-refractivity contribution in [3.05, 3.63) is 35.8 Å². The molecular formula is C14H13FN2O3. The molecule has 0 radical (unpaired) electrons. The molecule has 1 aromatic heterocycles. The highest BCUT2D eigenvalue weighted by atomic mass is 19.1. The fourth-order valence-corrected chi connectivity index (χ4v) is 1.86. The van der Waals surface area contributed by atoms with Gasteiger partial charge in [-0.3, -0.25) is 9.78 Å². The maximum atomic E-state index is 13.7. The lowest BCUT2D eigenvalue weighted by Gasteiger charge is -2.12. The molecule has 1 aromatic carbocycles. The summed E-state index contributed by atoms with van der Waals surface area (Å²) in [4.78, 5) is 27.1. The minimum atomic E-state index is -0.616. The van der Waals surface area contributed by atoms with E-state index in [-0.39, 0.29) is 29.3 Å². The molecule has 2 aromatic rings. The molecule has 0 atom stereocenters. The fourth-order valence-electron chi connectivity index (χ4n) is 1.86. The molecule has 0 bridgehead atoms. The van der Waals surface area contributed by atoms with Gasteiger partial charge < -0.3 is 10.1 Å². The largest absolute Gasteiger partial charge is 0.462 e. The number of anilines is 1. The lowest BCUT2D eigenvalue weighted by molar-refractivity contribution is -0.114. The van der Waals surface area contributed by atoms with Crippen LogP contribution < -0.4 is 5.32 Å². The molecule has 1 N–H and O–H groups in total. The average Bonchev–Trinajstić information content (AvgIpc) is 2.39. The Morgan fingerprint density at radius 1 is 1.40 bits per heavy atom. The molecule has 0 unspecified atom stereocenters. The zero-order valence-electron chi connectivity index (χ0n) is 11.1. The van der Waals surface area contributed by atoms with E-state index in [9.17, 15) is 14.0 Å². The number of benzene rings is 1. The van der Waals surface area contributed by atoms with Crippen LogP contribution in [0.25, 0.3) is 10.9 Å². The summed E-state index contributed by atoms with van der Waals surface area (Å²) >= 11 is 0. The minimum Gasteiger partial charge on any atom is -0.462 e. The van der Waals surface area contributed by atoms with Crippen molar-refractivity contribution in [1.82, 2.24) is 4.98 Å². The van der Waals surface area contributed by atoms with Gasteiger partial charge in [-0.2, -0.15) is 0 Å². The number of nitrogens with one attached hydrogen (secondary N) is 1. The highest BCUT2D eigenvalue weighted by molar-refractivity contribution is 6.09. The highest BCUT2D eigenvalue weighted by Gasteiger charge is 2.18. The van der Waals surface area contributed by atoms with Gasteiger partial charge in [-0.25, -0.2) is 9.18 Å². The summed E-state index contributed by atoms with van der Waals surface area (Å²) < 4.78 is 18.6. The molecule has 0 spiro atoms. The van der Waals surface area contributed by atoms with Crippen LogP contribution >= 0.6 is 0 Å². The summed E-state index contributed by atoms with van der Waals surface area (Å²) in [5, 5.41) is 2.89. The maximum Gasteiger partial charge on any atom is 0.341 e. The first-order valence-corrected chi connectivity index (χ1v) is 6.06. The molecule has 0 aliphatic heterocycles. The predicted molar refractivity (Wildman–Crippen MR) is 72.0 cm³/mol. The molecule has 0 saturated carbocycles. The van der Waals surface area contributed by atoms with E-state index in [0.29, 0.717) is 5.39 Å². The van der Waals surface area contributed by atoms with Crippen LogP contribution in [0, 0.1) is 5.82 Å². The van der Waals surface area contributed by atoms with Gasteiger partial charge in [0.15, 0.2) is 0 Å². The molecule has 6 heteroatoms. The van der Waals surface area contributed by atoms with E-state index in [1.807, 2.05) is 0 Å². The molecule has 104 valence electrons. The molecule has 20 heavy (non-hydrogen) atoms. The molecular weight excluding hydrogens is 263 g/mol. The minimum absolute atomic E-state index is 0.0873. The maximum absolute atomic E-state index is 13.7. The summed E-state index contributed by atoms with van der Waals surface area (Å²) in [6, 6.07) is 4.33. The van der Waals surface area contributed by atoms with Crippen LogP contribution in [0.5, 0.6) is 0 Å². The Bertz CT molecular complexity index is 685. The first-order valence-electron chi connectivity index (χ1n) is 6.06. The van der Waals surface area contributed by atoms with Crippen LogP contribution in [0.15, 0.2) is 24.4 Å². The average molecular weight is 276 g/mol. The standard InChI is InChI=1S/C14H13FN2O3/c1-3-20-14(19)10-7-16-13-9(5-4-6-11(13)15)12(10)17-8(2)18/h4-7H,3H2,1-2H3,(H,16,17,18). The van der Waals surface area contributed by atoms with Gasteiger partial charge in [-0.05, 0) is 13.0 Å². The molecule has 5 nitrogen and oxygen atoms in total. The lowest BCUT2D eigenvalue weighted by atomic mass is 10.1. The predicted octanol–water partition coefficient (Wildman–Crippen LogP) is 2.51. The van der Waals surface area contributed by atoms with Crippen molar-refractivity contribution in [2.75, 3.05) is 11.9 Å². The van der Waals surface area contributed by atoms with Gasteiger partial charge in [-0.1, -0.05) is 12.1 Å². The third-order valence-corrected chi connectivity index (χ3v) is 2.64. The number of hydrogen-bond acceptors (Lipinski definition) is 4. The van der Waals surface area contributed by atoms with Crippen LogP contribution in [-0.4, -0.2) is 23.5 Å². The second-order valence-corrected chi connectivity index (χ2v) is 4.08. The molecule has 1 amide bonds. The Balaban J connectivity index is 2.69. The first-order chi connectivity index (χ1) is 9.54. The third-order valence-electron chi connectivity index (χ3n) is 2.64. The number of esters is 1. The number of aromatic nitrogens is 1. The van der Waals surface area contributed by atoms with Crippen LogP contribution in [0.4, 0.5) is 10.1 Å². The van der Waals surface area contributed by atoms with E-state index in [2.05, 4.69) is 10.3 Å². The van der Waals surface area contributed by atoms with E-state index < -0.39 is 11.8 Å². The van der Waals surface area contributed by atoms with Gasteiger partial charge in [0, 0.05) is 18.5 Å². The zero-order valence-corrected chi connectivity index (χ0v) is 11.1. The van der Waals surface area contributed by atoms with E-state index in [0.717, 1.165) is 0 Å². The number of nitrogens with zero attached hydrogens (tertiary/aromatic N) is 1. The second kappa shape index (κ2) is 5.64. The molecule has 0 saturated heterocycles. The van der Waals surface area contributed by atoms with Crippen LogP contribution in [-0.2, 0) is 9.53 Å². The summed E-state index contributed by atoms with van der Waals surface area (Å²) in [5.74, 6) is -1.51. The number of rotatable bonds is 3. The summed E-state index contributed by atoms with van der Waals surface area (Å²) in [6.45, 7) is 3.17. The number of carbonyl (C=O) groups excluding carboxylic acids is 2. The van der Waals surface area contributed by atoms with Crippen LogP contribution in [0.3, 0.4) is 0 Å². The number of fused-ring (bicyclic) bond motifs is 1. The Labute approximate surface area is 114 Å². The third kappa shape index (κ3) is 2.59. The van der Waals surface area contributed by atoms with Gasteiger partial charge in [0.25, 0.3) is 0 Å². The SMILES string of the molecule is CCOC(=O)c1cnc2c(F)cccc2c1NC(C)=O. The van der Waals surface area contributed by atoms with E-state index in [1.165, 1.54) is 25.3 Å². The number of pyridine rings is 1. The summed E-state index contributed by atoms with van der Waals surface area (Å²) in [6.07, 6.45) is 1.20. The Kier molecular flexibility index (Phi) is 3.93. The van der Waals surface area contributed by atoms with Crippen molar-refractivity contribution < 1.29 is 18.7 Å². The number of para-hydroxylation sites is 1. The van der Waals surface area contributed by atoms with Gasteiger partial charge in [0.05, 0.1) is 12.3 Å². The van der Waals surface area contributed by atoms with Crippen molar-refractivity contribution >= 4 is 28.5 Å². The normalized spacial score (nSPS) is 10.3. The molecule has 2 rings (SSSR count). The van der Waals surface area contributed by atoms with E-state index >= 15 is 0 Å². The Morgan fingerprint density at radius 3 is 2.80 bits per heavy atom. The van der Waals surface area contributed by atoms with Gasteiger partial charge in [0.1, 0.15) is 16.9 Å². The Morgan fingerprint density at radius 2 is 2.15 bits per heavy atom. The number of amides is 1. The molecule has 1 heterocycles. The fraction of sp³-hybridized carbons (Fsp3) is 0.214. The van der Waals surface area contributed by atoms with Crippen LogP contribution in [0.2, 0.25) is 0 Å². The monoisotopic (exact) mass is 276 g/mol. The van der Waals surface area contributed by atoms with Crippen LogP contribution in [0.1, 0.15) is 24.2 Å². The molecule has 0 aliphatic carbocycles. The van der Waals surface area contributed by atoms with Gasteiger partial charge in [0.2, 0.25) is 5.91 Å². The topological polar surface area (TPSA) is 68.3 Å². The lowest BCUT2D eigenvalue weighted by Crippen LogP contribution is -2.14. The van der Waals surface area contributed by atoms with Crippen molar-refractivity contribution in [3.63, 3.8) is 0 Å². The number of ether oxygens (including phenoxy) is 1. The number of halogens is 1. The van der Waals surface area contributed by atoms with E-state index in [4.69, 9.17) is 4.74 Å². The zero-order chi connectivity index (χ0) is 14.7.